The van der Waals surface area contributed by atoms with Crippen LogP contribution in [0.15, 0.2) is 55.1 Å². The average Bonchev–Trinajstić information content (AvgIpc) is 2.87. The van der Waals surface area contributed by atoms with Crippen LogP contribution in [0.3, 0.4) is 0 Å². The molecule has 0 aliphatic carbocycles. The molecule has 6 heteroatoms. The lowest BCUT2D eigenvalue weighted by atomic mass is 10.1. The van der Waals surface area contributed by atoms with Crippen LogP contribution in [0.4, 0.5) is 5.69 Å². The second kappa shape index (κ2) is 7.45. The first kappa shape index (κ1) is 18.4. The number of ether oxygens (including phenoxy) is 1. The highest BCUT2D eigenvalue weighted by molar-refractivity contribution is 6.11. The fourth-order valence-electron chi connectivity index (χ4n) is 2.82. The second-order valence-corrected chi connectivity index (χ2v) is 6.46. The van der Waals surface area contributed by atoms with E-state index >= 15 is 0 Å². The van der Waals surface area contributed by atoms with E-state index in [9.17, 15) is 14.4 Å². The lowest BCUT2D eigenvalue weighted by Gasteiger charge is -2.17. The van der Waals surface area contributed by atoms with E-state index in [-0.39, 0.29) is 24.5 Å². The summed E-state index contributed by atoms with van der Waals surface area (Å²) < 4.78 is 5.12. The molecule has 1 N–H and O–H groups in total. The van der Waals surface area contributed by atoms with Gasteiger partial charge in [0.15, 0.2) is 0 Å². The molecule has 0 radical (unpaired) electrons. The summed E-state index contributed by atoms with van der Waals surface area (Å²) in [5.41, 5.74) is 2.72. The van der Waals surface area contributed by atoms with Crippen molar-refractivity contribution < 1.29 is 19.1 Å². The minimum absolute atomic E-state index is 0.135. The van der Waals surface area contributed by atoms with Crippen LogP contribution >= 0.6 is 0 Å². The number of benzene rings is 2. The summed E-state index contributed by atoms with van der Waals surface area (Å²) >= 11 is 0. The molecule has 0 saturated heterocycles. The molecule has 0 fully saturated rings. The van der Waals surface area contributed by atoms with Crippen molar-refractivity contribution in [2.24, 2.45) is 0 Å². The van der Waals surface area contributed by atoms with Gasteiger partial charge in [0.05, 0.1) is 11.7 Å². The van der Waals surface area contributed by atoms with Crippen LogP contribution in [0.25, 0.3) is 5.70 Å². The molecular formula is C21H20N2O4. The largest absolute Gasteiger partial charge is 0.459 e. The number of rotatable bonds is 5. The van der Waals surface area contributed by atoms with Gasteiger partial charge in [-0.1, -0.05) is 24.8 Å². The van der Waals surface area contributed by atoms with Gasteiger partial charge in [-0.25, -0.2) is 4.79 Å². The van der Waals surface area contributed by atoms with Crippen molar-refractivity contribution in [3.05, 3.63) is 71.8 Å². The Morgan fingerprint density at radius 1 is 1.07 bits per heavy atom. The zero-order valence-corrected chi connectivity index (χ0v) is 15.2. The molecular weight excluding hydrogens is 344 g/mol. The van der Waals surface area contributed by atoms with Crippen LogP contribution in [0.2, 0.25) is 0 Å². The number of amides is 2. The smallest absolute Gasteiger partial charge is 0.338 e. The Morgan fingerprint density at radius 3 is 2.30 bits per heavy atom. The maximum Gasteiger partial charge on any atom is 0.338 e. The van der Waals surface area contributed by atoms with Crippen LogP contribution in [0.1, 0.15) is 40.1 Å². The lowest BCUT2D eigenvalue weighted by Crippen LogP contribution is -2.32. The molecule has 0 aromatic heterocycles. The van der Waals surface area contributed by atoms with E-state index < -0.39 is 5.97 Å². The molecule has 2 aromatic carbocycles. The van der Waals surface area contributed by atoms with E-state index in [2.05, 4.69) is 11.9 Å². The Labute approximate surface area is 157 Å². The maximum absolute atomic E-state index is 12.4. The molecule has 27 heavy (non-hydrogen) atoms. The zero-order chi connectivity index (χ0) is 19.6. The van der Waals surface area contributed by atoms with Gasteiger partial charge in [-0.15, -0.1) is 0 Å². The summed E-state index contributed by atoms with van der Waals surface area (Å²) in [7, 11) is 0. The van der Waals surface area contributed by atoms with Crippen molar-refractivity contribution in [3.63, 3.8) is 0 Å². The molecule has 0 unspecified atom stereocenters. The molecule has 138 valence electrons. The summed E-state index contributed by atoms with van der Waals surface area (Å²) in [6.45, 7) is 7.33. The van der Waals surface area contributed by atoms with Crippen LogP contribution in [-0.4, -0.2) is 35.3 Å². The number of carbonyl (C=O) groups excluding carboxylic acids is 3. The van der Waals surface area contributed by atoms with E-state index in [0.717, 1.165) is 5.56 Å². The molecule has 1 aliphatic heterocycles. The van der Waals surface area contributed by atoms with Gasteiger partial charge in [0, 0.05) is 22.5 Å². The fourth-order valence-corrected chi connectivity index (χ4v) is 2.82. The number of esters is 1. The van der Waals surface area contributed by atoms with Crippen molar-refractivity contribution in [2.45, 2.75) is 20.0 Å². The highest BCUT2D eigenvalue weighted by Gasteiger charge is 2.31. The molecule has 0 bridgehead atoms. The first-order valence-corrected chi connectivity index (χ1v) is 8.58. The minimum atomic E-state index is -0.417. The van der Waals surface area contributed by atoms with Crippen molar-refractivity contribution in [3.8, 4) is 0 Å². The molecule has 0 saturated carbocycles. The molecule has 1 heterocycles. The molecule has 1 aliphatic rings. The Hall–Kier alpha value is -3.41. The topological polar surface area (TPSA) is 75.7 Å². The third kappa shape index (κ3) is 3.89. The maximum atomic E-state index is 12.4. The van der Waals surface area contributed by atoms with Gasteiger partial charge in [-0.3, -0.25) is 14.5 Å². The summed E-state index contributed by atoms with van der Waals surface area (Å²) in [6.07, 6.45) is -0.202. The van der Waals surface area contributed by atoms with Crippen LogP contribution in [0, 0.1) is 0 Å². The summed E-state index contributed by atoms with van der Waals surface area (Å²) in [5.74, 6) is -1.01. The van der Waals surface area contributed by atoms with E-state index in [0.29, 0.717) is 22.5 Å². The predicted molar refractivity (Wildman–Crippen MR) is 102 cm³/mol. The Kier molecular flexibility index (Phi) is 5.07. The van der Waals surface area contributed by atoms with Crippen LogP contribution < -0.4 is 5.32 Å². The number of nitrogens with one attached hydrogen (secondary N) is 1. The molecule has 0 spiro atoms. The quantitative estimate of drug-likeness (QED) is 0.826. The van der Waals surface area contributed by atoms with Crippen molar-refractivity contribution in [1.29, 1.82) is 0 Å². The number of hydrogen-bond donors (Lipinski definition) is 1. The van der Waals surface area contributed by atoms with Gasteiger partial charge >= 0.3 is 5.97 Å². The molecule has 2 aromatic rings. The van der Waals surface area contributed by atoms with Crippen molar-refractivity contribution >= 4 is 29.2 Å². The van der Waals surface area contributed by atoms with Gasteiger partial charge in [0.2, 0.25) is 5.91 Å². The number of nitrogens with zero attached hydrogens (tertiary/aromatic N) is 1. The second-order valence-electron chi connectivity index (χ2n) is 6.46. The third-order valence-electron chi connectivity index (χ3n) is 4.09. The molecule has 2 amide bonds. The SMILES string of the molecule is C=C1c2ccccc2C(=O)N1CC(=O)Nc1ccc(C(=O)OC(C)C)cc1. The van der Waals surface area contributed by atoms with Crippen LogP contribution in [-0.2, 0) is 9.53 Å². The van der Waals surface area contributed by atoms with E-state index in [1.165, 1.54) is 4.90 Å². The predicted octanol–water partition coefficient (Wildman–Crippen LogP) is 3.32. The third-order valence-corrected chi connectivity index (χ3v) is 4.09. The Morgan fingerprint density at radius 2 is 1.70 bits per heavy atom. The highest BCUT2D eigenvalue weighted by Crippen LogP contribution is 2.30. The summed E-state index contributed by atoms with van der Waals surface area (Å²) in [5, 5.41) is 2.72. The molecule has 6 nitrogen and oxygen atoms in total. The highest BCUT2D eigenvalue weighted by atomic mass is 16.5. The number of carbonyl (C=O) groups is 3. The first-order chi connectivity index (χ1) is 12.9. The standard InChI is InChI=1S/C21H20N2O4/c1-13(2)27-21(26)15-8-10-16(11-9-15)22-19(24)12-23-14(3)17-6-4-5-7-18(17)20(23)25/h4-11,13H,3,12H2,1-2H3,(H,22,24). The summed E-state index contributed by atoms with van der Waals surface area (Å²) in [6, 6.07) is 13.5. The molecule has 0 atom stereocenters. The number of hydrogen-bond acceptors (Lipinski definition) is 4. The zero-order valence-electron chi connectivity index (χ0n) is 15.2. The Balaban J connectivity index is 1.63. The number of fused-ring (bicyclic) bond motifs is 1. The normalized spacial score (nSPS) is 12.9. The summed E-state index contributed by atoms with van der Waals surface area (Å²) in [4.78, 5) is 38.0. The average molecular weight is 364 g/mol. The monoisotopic (exact) mass is 364 g/mol. The first-order valence-electron chi connectivity index (χ1n) is 8.58. The van der Waals surface area contributed by atoms with Crippen LogP contribution in [0.5, 0.6) is 0 Å². The number of anilines is 1. The Bertz CT molecular complexity index is 881. The van der Waals surface area contributed by atoms with Crippen molar-refractivity contribution in [1.82, 2.24) is 4.90 Å². The van der Waals surface area contributed by atoms with Gasteiger partial charge < -0.3 is 10.1 Å². The lowest BCUT2D eigenvalue weighted by molar-refractivity contribution is -0.116. The van der Waals surface area contributed by atoms with Gasteiger partial charge in [-0.2, -0.15) is 0 Å². The van der Waals surface area contributed by atoms with Gasteiger partial charge in [-0.05, 0) is 44.2 Å². The van der Waals surface area contributed by atoms with Gasteiger partial charge in [0.1, 0.15) is 6.54 Å². The molecule has 3 rings (SSSR count). The van der Waals surface area contributed by atoms with E-state index in [4.69, 9.17) is 4.74 Å². The van der Waals surface area contributed by atoms with E-state index in [1.807, 2.05) is 12.1 Å². The van der Waals surface area contributed by atoms with E-state index in [1.54, 1.807) is 50.2 Å². The van der Waals surface area contributed by atoms with Crippen molar-refractivity contribution in [2.75, 3.05) is 11.9 Å². The minimum Gasteiger partial charge on any atom is -0.459 e. The fraction of sp³-hybridized carbons (Fsp3) is 0.190. The van der Waals surface area contributed by atoms with Gasteiger partial charge in [0.25, 0.3) is 5.91 Å².